The summed E-state index contributed by atoms with van der Waals surface area (Å²) in [5.41, 5.74) is 2.89. The Balaban J connectivity index is 1.96. The van der Waals surface area contributed by atoms with Gasteiger partial charge in [0, 0.05) is 18.2 Å². The number of hydrogen-bond donors (Lipinski definition) is 2. The van der Waals surface area contributed by atoms with Gasteiger partial charge in [0.1, 0.15) is 11.1 Å². The Labute approximate surface area is 117 Å². The third-order valence-corrected chi connectivity index (χ3v) is 3.91. The summed E-state index contributed by atoms with van der Waals surface area (Å²) in [6, 6.07) is 7.73. The van der Waals surface area contributed by atoms with E-state index in [1.54, 1.807) is 18.4 Å². The minimum atomic E-state index is 0.0384. The predicted molar refractivity (Wildman–Crippen MR) is 77.2 cm³/mol. The third-order valence-electron chi connectivity index (χ3n) is 2.85. The molecule has 0 aliphatic carbocycles. The largest absolute Gasteiger partial charge is 0.392 e. The number of benzene rings is 1. The van der Waals surface area contributed by atoms with Crippen LogP contribution in [-0.2, 0) is 17.9 Å². The summed E-state index contributed by atoms with van der Waals surface area (Å²) in [5.74, 6) is 0. The summed E-state index contributed by atoms with van der Waals surface area (Å²) in [7, 11) is 1.68. The number of aliphatic hydroxyl groups excluding tert-OH is 1. The van der Waals surface area contributed by atoms with Crippen LogP contribution in [0.5, 0.6) is 0 Å². The van der Waals surface area contributed by atoms with Crippen LogP contribution in [-0.4, -0.2) is 17.2 Å². The van der Waals surface area contributed by atoms with Crippen molar-refractivity contribution >= 4 is 17.0 Å². The lowest BCUT2D eigenvalue weighted by molar-refractivity contribution is 0.119. The van der Waals surface area contributed by atoms with Gasteiger partial charge in [0.25, 0.3) is 0 Å². The lowest BCUT2D eigenvalue weighted by Crippen LogP contribution is -2.01. The second-order valence-electron chi connectivity index (χ2n) is 4.27. The number of rotatable bonds is 6. The quantitative estimate of drug-likeness (QED) is 0.853. The lowest BCUT2D eigenvalue weighted by atomic mass is 10.2. The van der Waals surface area contributed by atoms with Crippen LogP contribution >= 0.6 is 11.3 Å². The summed E-state index contributed by atoms with van der Waals surface area (Å²) in [4.78, 5) is 4.52. The van der Waals surface area contributed by atoms with Crippen molar-refractivity contribution in [2.24, 2.45) is 0 Å². The summed E-state index contributed by atoms with van der Waals surface area (Å²) in [6.07, 6.45) is 0.0384. The summed E-state index contributed by atoms with van der Waals surface area (Å²) in [6.45, 7) is 2.71. The SMILES string of the molecule is COC(C)c1nc(CNc2cccc(CO)c2)cs1. The molecule has 1 atom stereocenters. The average Bonchev–Trinajstić information content (AvgIpc) is 2.93. The smallest absolute Gasteiger partial charge is 0.122 e. The molecule has 19 heavy (non-hydrogen) atoms. The van der Waals surface area contributed by atoms with Crippen LogP contribution in [0.15, 0.2) is 29.6 Å². The van der Waals surface area contributed by atoms with Crippen molar-refractivity contribution in [3.05, 3.63) is 45.9 Å². The van der Waals surface area contributed by atoms with Gasteiger partial charge in [0.05, 0.1) is 18.8 Å². The molecular formula is C14H18N2O2S. The van der Waals surface area contributed by atoms with E-state index in [0.717, 1.165) is 22.0 Å². The molecular weight excluding hydrogens is 260 g/mol. The summed E-state index contributed by atoms with van der Waals surface area (Å²) >= 11 is 1.61. The monoisotopic (exact) mass is 278 g/mol. The molecule has 0 spiro atoms. The van der Waals surface area contributed by atoms with E-state index in [9.17, 15) is 0 Å². The van der Waals surface area contributed by atoms with Crippen molar-refractivity contribution in [3.63, 3.8) is 0 Å². The number of anilines is 1. The maximum atomic E-state index is 9.09. The van der Waals surface area contributed by atoms with Crippen molar-refractivity contribution in [2.75, 3.05) is 12.4 Å². The zero-order valence-corrected chi connectivity index (χ0v) is 11.9. The molecule has 2 aromatic rings. The van der Waals surface area contributed by atoms with Gasteiger partial charge in [0.2, 0.25) is 0 Å². The Morgan fingerprint density at radius 1 is 1.47 bits per heavy atom. The van der Waals surface area contributed by atoms with Crippen LogP contribution in [0.3, 0.4) is 0 Å². The molecule has 5 heteroatoms. The standard InChI is InChI=1S/C14H18N2O2S/c1-10(18-2)14-16-13(9-19-14)7-15-12-5-3-4-11(6-12)8-17/h3-6,9-10,15,17H,7-8H2,1-2H3. The fourth-order valence-electron chi connectivity index (χ4n) is 1.66. The van der Waals surface area contributed by atoms with Crippen molar-refractivity contribution in [1.29, 1.82) is 0 Å². The Kier molecular flexibility index (Phi) is 4.90. The maximum absolute atomic E-state index is 9.09. The molecule has 1 heterocycles. The number of methoxy groups -OCH3 is 1. The Morgan fingerprint density at radius 2 is 2.32 bits per heavy atom. The first-order valence-corrected chi connectivity index (χ1v) is 7.01. The highest BCUT2D eigenvalue weighted by molar-refractivity contribution is 7.09. The number of nitrogens with zero attached hydrogens (tertiary/aromatic N) is 1. The van der Waals surface area contributed by atoms with Crippen LogP contribution in [0.4, 0.5) is 5.69 Å². The second-order valence-corrected chi connectivity index (χ2v) is 5.16. The molecule has 0 bridgehead atoms. The van der Waals surface area contributed by atoms with Gasteiger partial charge in [-0.3, -0.25) is 0 Å². The summed E-state index contributed by atoms with van der Waals surface area (Å²) < 4.78 is 5.24. The van der Waals surface area contributed by atoms with Gasteiger partial charge in [-0.25, -0.2) is 4.98 Å². The molecule has 0 saturated carbocycles. The van der Waals surface area contributed by atoms with E-state index in [1.165, 1.54) is 0 Å². The van der Waals surface area contributed by atoms with Gasteiger partial charge in [0.15, 0.2) is 0 Å². The molecule has 1 unspecified atom stereocenters. The van der Waals surface area contributed by atoms with Crippen molar-refractivity contribution in [2.45, 2.75) is 26.2 Å². The average molecular weight is 278 g/mol. The Bertz CT molecular complexity index is 528. The van der Waals surface area contributed by atoms with Gasteiger partial charge in [-0.2, -0.15) is 0 Å². The molecule has 1 aromatic carbocycles. The maximum Gasteiger partial charge on any atom is 0.122 e. The molecule has 0 radical (unpaired) electrons. The van der Waals surface area contributed by atoms with Crippen LogP contribution in [0, 0.1) is 0 Å². The van der Waals surface area contributed by atoms with E-state index in [-0.39, 0.29) is 12.7 Å². The van der Waals surface area contributed by atoms with Gasteiger partial charge in [-0.15, -0.1) is 11.3 Å². The zero-order chi connectivity index (χ0) is 13.7. The van der Waals surface area contributed by atoms with E-state index in [2.05, 4.69) is 10.3 Å². The van der Waals surface area contributed by atoms with Gasteiger partial charge in [-0.05, 0) is 24.6 Å². The predicted octanol–water partition coefficient (Wildman–Crippen LogP) is 2.95. The van der Waals surface area contributed by atoms with Crippen molar-refractivity contribution < 1.29 is 9.84 Å². The van der Waals surface area contributed by atoms with E-state index in [1.807, 2.05) is 36.6 Å². The molecule has 0 fully saturated rings. The third kappa shape index (κ3) is 3.76. The topological polar surface area (TPSA) is 54.4 Å². The molecule has 0 amide bonds. The second kappa shape index (κ2) is 6.65. The van der Waals surface area contributed by atoms with Gasteiger partial charge in [-0.1, -0.05) is 12.1 Å². The molecule has 1 aromatic heterocycles. The molecule has 0 saturated heterocycles. The number of aromatic nitrogens is 1. The lowest BCUT2D eigenvalue weighted by Gasteiger charge is -2.06. The number of thiazole rings is 1. The first-order valence-electron chi connectivity index (χ1n) is 6.13. The van der Waals surface area contributed by atoms with E-state index < -0.39 is 0 Å². The van der Waals surface area contributed by atoms with Crippen LogP contribution < -0.4 is 5.32 Å². The van der Waals surface area contributed by atoms with Crippen LogP contribution in [0.2, 0.25) is 0 Å². The number of nitrogens with one attached hydrogen (secondary N) is 1. The van der Waals surface area contributed by atoms with Crippen LogP contribution in [0.1, 0.15) is 29.3 Å². The van der Waals surface area contributed by atoms with E-state index >= 15 is 0 Å². The fraction of sp³-hybridized carbons (Fsp3) is 0.357. The highest BCUT2D eigenvalue weighted by Crippen LogP contribution is 2.21. The van der Waals surface area contributed by atoms with Gasteiger partial charge < -0.3 is 15.2 Å². The molecule has 0 aliphatic heterocycles. The molecule has 102 valence electrons. The van der Waals surface area contributed by atoms with Crippen LogP contribution in [0.25, 0.3) is 0 Å². The fourth-order valence-corrected chi connectivity index (χ4v) is 2.51. The first-order chi connectivity index (χ1) is 9.22. The normalized spacial score (nSPS) is 12.4. The zero-order valence-electron chi connectivity index (χ0n) is 11.1. The molecule has 2 N–H and O–H groups in total. The van der Waals surface area contributed by atoms with Crippen molar-refractivity contribution in [1.82, 2.24) is 4.98 Å². The van der Waals surface area contributed by atoms with Crippen molar-refractivity contribution in [3.8, 4) is 0 Å². The van der Waals surface area contributed by atoms with E-state index in [0.29, 0.717) is 6.54 Å². The van der Waals surface area contributed by atoms with Gasteiger partial charge >= 0.3 is 0 Å². The number of hydrogen-bond acceptors (Lipinski definition) is 5. The minimum absolute atomic E-state index is 0.0384. The Morgan fingerprint density at radius 3 is 3.05 bits per heavy atom. The molecule has 0 aliphatic rings. The molecule has 2 rings (SSSR count). The molecule has 4 nitrogen and oxygen atoms in total. The minimum Gasteiger partial charge on any atom is -0.392 e. The highest BCUT2D eigenvalue weighted by Gasteiger charge is 2.09. The van der Waals surface area contributed by atoms with E-state index in [4.69, 9.17) is 9.84 Å². The first kappa shape index (κ1) is 14.0. The highest BCUT2D eigenvalue weighted by atomic mass is 32.1. The number of ether oxygens (including phenoxy) is 1. The Hall–Kier alpha value is -1.43. The number of aliphatic hydroxyl groups is 1. The summed E-state index contributed by atoms with van der Waals surface area (Å²) in [5, 5.41) is 15.4.